The van der Waals surface area contributed by atoms with Crippen LogP contribution in [-0.4, -0.2) is 40.3 Å². The maximum absolute atomic E-state index is 13.5. The number of hydrogen-bond acceptors (Lipinski definition) is 5. The highest BCUT2D eigenvalue weighted by molar-refractivity contribution is 7.02. The number of ether oxygens (including phenoxy) is 2. The largest absolute Gasteiger partial charge is 0.469 e. The van der Waals surface area contributed by atoms with Gasteiger partial charge in [-0.25, -0.2) is 0 Å². The van der Waals surface area contributed by atoms with E-state index in [2.05, 4.69) is 36.1 Å². The fourth-order valence-electron chi connectivity index (χ4n) is 5.40. The molecule has 0 saturated carbocycles. The van der Waals surface area contributed by atoms with Gasteiger partial charge in [-0.15, -0.1) is 0 Å². The van der Waals surface area contributed by atoms with Gasteiger partial charge in [0.05, 0.1) is 20.1 Å². The van der Waals surface area contributed by atoms with Gasteiger partial charge in [0.2, 0.25) is 0 Å². The van der Waals surface area contributed by atoms with Crippen LogP contribution < -0.4 is 15.7 Å². The van der Waals surface area contributed by atoms with Crippen molar-refractivity contribution in [2.45, 2.75) is 24.2 Å². The lowest BCUT2D eigenvalue weighted by Gasteiger charge is -2.39. The lowest BCUT2D eigenvalue weighted by atomic mass is 9.93. The third kappa shape index (κ3) is 4.17. The summed E-state index contributed by atoms with van der Waals surface area (Å²) in [6.07, 6.45) is 0. The molecule has 176 valence electrons. The number of benzene rings is 3. The molecule has 1 heterocycles. The molecule has 0 spiro atoms. The number of hydrogen-bond donors (Lipinski definition) is 1. The molecular formula is C27H28ClNO4Si. The van der Waals surface area contributed by atoms with Crippen molar-refractivity contribution >= 4 is 42.0 Å². The van der Waals surface area contributed by atoms with E-state index in [1.54, 1.807) is 6.07 Å². The molecule has 4 rings (SSSR count). The van der Waals surface area contributed by atoms with Crippen LogP contribution in [0.25, 0.3) is 0 Å². The summed E-state index contributed by atoms with van der Waals surface area (Å²) in [4.78, 5) is 26.7. The summed E-state index contributed by atoms with van der Waals surface area (Å²) in [5, 5.41) is 6.20. The van der Waals surface area contributed by atoms with Gasteiger partial charge in [0, 0.05) is 16.6 Å². The molecule has 1 fully saturated rings. The van der Waals surface area contributed by atoms with Crippen LogP contribution >= 0.6 is 11.6 Å². The quantitative estimate of drug-likeness (QED) is 0.420. The molecule has 0 aromatic heterocycles. The van der Waals surface area contributed by atoms with Crippen LogP contribution in [0.2, 0.25) is 17.1 Å². The molecule has 1 aliphatic heterocycles. The van der Waals surface area contributed by atoms with E-state index in [4.69, 9.17) is 21.1 Å². The summed E-state index contributed by atoms with van der Waals surface area (Å²) >= 11 is 6.58. The SMILES string of the molecule is COC(=O)[C@H]1[C@H]([Si](C)(c2ccccc2)c2ccccc2)[C@@H](C(=O)OC)N[C@H]1c1ccccc1Cl. The molecule has 1 aliphatic rings. The van der Waals surface area contributed by atoms with Gasteiger partial charge in [-0.1, -0.05) is 107 Å². The van der Waals surface area contributed by atoms with Crippen molar-refractivity contribution < 1.29 is 19.1 Å². The molecule has 5 nitrogen and oxygen atoms in total. The van der Waals surface area contributed by atoms with Crippen LogP contribution in [0.15, 0.2) is 84.9 Å². The van der Waals surface area contributed by atoms with E-state index in [1.807, 2.05) is 54.6 Å². The number of carbonyl (C=O) groups is 2. The Balaban J connectivity index is 1.99. The monoisotopic (exact) mass is 493 g/mol. The first-order chi connectivity index (χ1) is 16.4. The third-order valence-corrected chi connectivity index (χ3v) is 12.5. The Morgan fingerprint density at radius 2 is 1.29 bits per heavy atom. The summed E-state index contributed by atoms with van der Waals surface area (Å²) in [6, 6.07) is 26.5. The zero-order valence-corrected chi connectivity index (χ0v) is 21.2. The number of methoxy groups -OCH3 is 2. The highest BCUT2D eigenvalue weighted by Crippen LogP contribution is 2.48. The van der Waals surface area contributed by atoms with Gasteiger partial charge in [0.15, 0.2) is 0 Å². The van der Waals surface area contributed by atoms with Gasteiger partial charge in [-0.05, 0) is 11.6 Å². The van der Waals surface area contributed by atoms with E-state index < -0.39 is 37.6 Å². The molecule has 0 aliphatic carbocycles. The lowest BCUT2D eigenvalue weighted by molar-refractivity contribution is -0.146. The normalized spacial score (nSPS) is 22.2. The Kier molecular flexibility index (Phi) is 7.21. The van der Waals surface area contributed by atoms with Crippen molar-refractivity contribution in [2.75, 3.05) is 14.2 Å². The summed E-state index contributed by atoms with van der Waals surface area (Å²) in [5.74, 6) is -1.43. The summed E-state index contributed by atoms with van der Waals surface area (Å²) in [7, 11) is 0.0112. The number of esters is 2. The first kappa shape index (κ1) is 24.2. The predicted molar refractivity (Wildman–Crippen MR) is 136 cm³/mol. The summed E-state index contributed by atoms with van der Waals surface area (Å²) in [6.45, 7) is 2.21. The van der Waals surface area contributed by atoms with Crippen molar-refractivity contribution in [1.82, 2.24) is 5.32 Å². The molecule has 0 bridgehead atoms. The molecule has 1 N–H and O–H groups in total. The second-order valence-corrected chi connectivity index (χ2v) is 13.3. The molecule has 0 unspecified atom stereocenters. The molecule has 0 radical (unpaired) electrons. The van der Waals surface area contributed by atoms with Gasteiger partial charge in [0.25, 0.3) is 0 Å². The number of carbonyl (C=O) groups excluding carboxylic acids is 2. The Bertz CT molecular complexity index is 1120. The van der Waals surface area contributed by atoms with Gasteiger partial charge in [-0.2, -0.15) is 0 Å². The topological polar surface area (TPSA) is 64.6 Å². The zero-order valence-electron chi connectivity index (χ0n) is 19.4. The maximum Gasteiger partial charge on any atom is 0.322 e. The van der Waals surface area contributed by atoms with Crippen molar-refractivity contribution in [3.63, 3.8) is 0 Å². The van der Waals surface area contributed by atoms with Crippen molar-refractivity contribution in [3.05, 3.63) is 95.5 Å². The Morgan fingerprint density at radius 3 is 1.79 bits per heavy atom. The maximum atomic E-state index is 13.5. The number of halogens is 1. The van der Waals surface area contributed by atoms with E-state index in [-0.39, 0.29) is 5.97 Å². The minimum absolute atomic E-state index is 0.376. The highest BCUT2D eigenvalue weighted by atomic mass is 35.5. The fourth-order valence-corrected chi connectivity index (χ4v) is 10.5. The average Bonchev–Trinajstić information content (AvgIpc) is 3.29. The molecule has 0 amide bonds. The van der Waals surface area contributed by atoms with Gasteiger partial charge in [0.1, 0.15) is 14.1 Å². The zero-order chi connectivity index (χ0) is 24.3. The van der Waals surface area contributed by atoms with Gasteiger partial charge < -0.3 is 9.47 Å². The minimum Gasteiger partial charge on any atom is -0.469 e. The molecule has 3 aromatic rings. The van der Waals surface area contributed by atoms with Crippen molar-refractivity contribution in [3.8, 4) is 0 Å². The Hall–Kier alpha value is -2.93. The molecular weight excluding hydrogens is 466 g/mol. The van der Waals surface area contributed by atoms with Gasteiger partial charge in [-0.3, -0.25) is 14.9 Å². The van der Waals surface area contributed by atoms with Crippen LogP contribution in [0.3, 0.4) is 0 Å². The van der Waals surface area contributed by atoms with Crippen LogP contribution in [0, 0.1) is 5.92 Å². The minimum atomic E-state index is -2.75. The predicted octanol–water partition coefficient (Wildman–Crippen LogP) is 3.58. The van der Waals surface area contributed by atoms with E-state index >= 15 is 0 Å². The van der Waals surface area contributed by atoms with Crippen LogP contribution in [-0.2, 0) is 19.1 Å². The van der Waals surface area contributed by atoms with Crippen LogP contribution in [0.4, 0.5) is 0 Å². The van der Waals surface area contributed by atoms with Gasteiger partial charge >= 0.3 is 11.9 Å². The van der Waals surface area contributed by atoms with Crippen LogP contribution in [0.5, 0.6) is 0 Å². The first-order valence-electron chi connectivity index (χ1n) is 11.2. The molecule has 4 atom stereocenters. The molecule has 3 aromatic carbocycles. The molecule has 7 heteroatoms. The summed E-state index contributed by atoms with van der Waals surface area (Å²) in [5.41, 5.74) is 0.368. The van der Waals surface area contributed by atoms with E-state index in [1.165, 1.54) is 14.2 Å². The lowest BCUT2D eigenvalue weighted by Crippen LogP contribution is -2.64. The first-order valence-corrected chi connectivity index (χ1v) is 14.2. The summed E-state index contributed by atoms with van der Waals surface area (Å²) < 4.78 is 10.6. The number of nitrogens with one attached hydrogen (secondary N) is 1. The third-order valence-electron chi connectivity index (χ3n) is 7.05. The Labute approximate surface area is 206 Å². The average molecular weight is 494 g/mol. The molecule has 1 saturated heterocycles. The van der Waals surface area contributed by atoms with E-state index in [0.29, 0.717) is 5.02 Å². The standard InChI is InChI=1S/C27H28ClNO4Si/c1-32-26(30)22-23(20-16-10-11-17-21(20)28)29-24(27(31)33-2)25(22)34(3,18-12-6-4-7-13-18)19-14-8-5-9-15-19/h4-17,22-25,29H,1-3H3/t22-,23+,24+,25+/m1/s1. The van der Waals surface area contributed by atoms with Crippen molar-refractivity contribution in [1.29, 1.82) is 0 Å². The van der Waals surface area contributed by atoms with E-state index in [0.717, 1.165) is 15.9 Å². The smallest absolute Gasteiger partial charge is 0.322 e. The van der Waals surface area contributed by atoms with E-state index in [9.17, 15) is 9.59 Å². The molecule has 34 heavy (non-hydrogen) atoms. The van der Waals surface area contributed by atoms with Crippen LogP contribution in [0.1, 0.15) is 11.6 Å². The van der Waals surface area contributed by atoms with Crippen molar-refractivity contribution in [2.24, 2.45) is 5.92 Å². The highest BCUT2D eigenvalue weighted by Gasteiger charge is 2.60. The fraction of sp³-hybridized carbons (Fsp3) is 0.259. The Morgan fingerprint density at radius 1 is 0.794 bits per heavy atom. The second-order valence-electron chi connectivity index (χ2n) is 8.68. The number of rotatable bonds is 6. The second kappa shape index (κ2) is 10.1.